The third kappa shape index (κ3) is 4.22. The van der Waals surface area contributed by atoms with Gasteiger partial charge in [0.2, 0.25) is 0 Å². The van der Waals surface area contributed by atoms with Crippen LogP contribution in [0.2, 0.25) is 5.02 Å². The van der Waals surface area contributed by atoms with Crippen LogP contribution in [-0.2, 0) is 11.2 Å². The zero-order chi connectivity index (χ0) is 28.2. The van der Waals surface area contributed by atoms with Crippen LogP contribution in [-0.4, -0.2) is 27.2 Å². The van der Waals surface area contributed by atoms with Gasteiger partial charge in [0.05, 0.1) is 0 Å². The molecule has 1 N–H and O–H groups in total. The van der Waals surface area contributed by atoms with Crippen molar-refractivity contribution in [2.45, 2.75) is 38.3 Å². The fraction of sp³-hybridized carbons (Fsp3) is 0.188. The molecule has 9 heteroatoms. The number of carbonyl (C=O) groups is 3. The van der Waals surface area contributed by atoms with E-state index >= 15 is 0 Å². The normalized spacial score (nSPS) is 17.5. The number of pyridine rings is 1. The summed E-state index contributed by atoms with van der Waals surface area (Å²) in [5.41, 5.74) is 5.81. The molecule has 41 heavy (non-hydrogen) atoms. The maximum Gasteiger partial charge on any atom is 0.355 e. The lowest BCUT2D eigenvalue weighted by Gasteiger charge is -2.33. The van der Waals surface area contributed by atoms with Crippen LogP contribution in [0.15, 0.2) is 77.4 Å². The van der Waals surface area contributed by atoms with Gasteiger partial charge in [0.15, 0.2) is 11.5 Å². The molecule has 2 aromatic carbocycles. The van der Waals surface area contributed by atoms with E-state index in [-0.39, 0.29) is 11.5 Å². The number of hydrogen-bond donors (Lipinski definition) is 1. The highest BCUT2D eigenvalue weighted by atomic mass is 35.5. The second-order valence-electron chi connectivity index (χ2n) is 10.4. The number of halogens is 1. The number of fused-ring (bicyclic) bond motifs is 6. The summed E-state index contributed by atoms with van der Waals surface area (Å²) in [6.07, 6.45) is 3.36. The quantitative estimate of drug-likeness (QED) is 0.251. The molecule has 0 saturated carbocycles. The van der Waals surface area contributed by atoms with Crippen LogP contribution in [0.1, 0.15) is 78.8 Å². The maximum absolute atomic E-state index is 14.2. The molecule has 2 aliphatic carbocycles. The van der Waals surface area contributed by atoms with Gasteiger partial charge in [-0.25, -0.2) is 4.79 Å². The molecule has 2 aliphatic rings. The molecule has 0 aliphatic heterocycles. The fourth-order valence-corrected chi connectivity index (χ4v) is 6.20. The first kappa shape index (κ1) is 25.3. The highest BCUT2D eigenvalue weighted by molar-refractivity contribution is 6.31. The Bertz CT molecular complexity index is 1890. The lowest BCUT2D eigenvalue weighted by molar-refractivity contribution is 0.0248. The molecule has 8 nitrogen and oxygen atoms in total. The molecule has 0 fully saturated rings. The summed E-state index contributed by atoms with van der Waals surface area (Å²) in [6, 6.07) is 19.1. The molecule has 3 heterocycles. The predicted octanol–water partition coefficient (Wildman–Crippen LogP) is 6.46. The van der Waals surface area contributed by atoms with E-state index in [1.807, 2.05) is 48.7 Å². The van der Waals surface area contributed by atoms with Crippen LogP contribution >= 0.6 is 11.6 Å². The number of hydrogen-bond acceptors (Lipinski definition) is 6. The molecule has 3 aromatic heterocycles. The number of amides is 1. The Labute approximate surface area is 239 Å². The maximum atomic E-state index is 14.2. The van der Waals surface area contributed by atoms with Crippen LogP contribution in [0.5, 0.6) is 0 Å². The Morgan fingerprint density at radius 1 is 1.05 bits per heavy atom. The van der Waals surface area contributed by atoms with Gasteiger partial charge in [0.25, 0.3) is 5.91 Å². The van der Waals surface area contributed by atoms with Gasteiger partial charge in [0.1, 0.15) is 23.6 Å². The van der Waals surface area contributed by atoms with Crippen LogP contribution < -0.4 is 5.32 Å². The summed E-state index contributed by atoms with van der Waals surface area (Å²) < 4.78 is 12.9. The molecule has 0 spiro atoms. The van der Waals surface area contributed by atoms with Gasteiger partial charge in [-0.05, 0) is 90.4 Å². The van der Waals surface area contributed by atoms with E-state index < -0.39 is 24.0 Å². The highest BCUT2D eigenvalue weighted by Crippen LogP contribution is 2.45. The molecule has 0 radical (unpaired) electrons. The minimum Gasteiger partial charge on any atom is -0.453 e. The number of aromatic nitrogens is 2. The molecular formula is C32H24ClN3O5. The zero-order valence-electron chi connectivity index (χ0n) is 22.0. The largest absolute Gasteiger partial charge is 0.453 e. The minimum atomic E-state index is -0.970. The number of carbonyl (C=O) groups excluding carboxylic acids is 3. The van der Waals surface area contributed by atoms with Gasteiger partial charge < -0.3 is 19.0 Å². The van der Waals surface area contributed by atoms with E-state index in [0.29, 0.717) is 40.4 Å². The van der Waals surface area contributed by atoms with E-state index in [1.165, 1.54) is 6.07 Å². The lowest BCUT2D eigenvalue weighted by Crippen LogP contribution is -2.37. The first-order valence-corrected chi connectivity index (χ1v) is 13.8. The Kier molecular flexibility index (Phi) is 6.01. The van der Waals surface area contributed by atoms with E-state index in [1.54, 1.807) is 29.5 Å². The number of Topliss-reactive ketones (excluding diaryl/α,β-unsaturated/α-hetero) is 1. The Hall–Kier alpha value is -4.69. The van der Waals surface area contributed by atoms with Crippen molar-refractivity contribution in [1.29, 1.82) is 0 Å². The number of nitrogens with zero attached hydrogens (tertiary/aromatic N) is 2. The van der Waals surface area contributed by atoms with E-state index in [9.17, 15) is 14.4 Å². The zero-order valence-corrected chi connectivity index (χ0v) is 22.8. The minimum absolute atomic E-state index is 0.0876. The fourth-order valence-electron chi connectivity index (χ4n) is 6.02. The van der Waals surface area contributed by atoms with Gasteiger partial charge in [-0.3, -0.25) is 9.59 Å². The van der Waals surface area contributed by atoms with Gasteiger partial charge in [-0.1, -0.05) is 41.0 Å². The summed E-state index contributed by atoms with van der Waals surface area (Å²) in [4.78, 5) is 40.5. The lowest BCUT2D eigenvalue weighted by atomic mass is 9.75. The van der Waals surface area contributed by atoms with Crippen molar-refractivity contribution in [3.63, 3.8) is 0 Å². The summed E-state index contributed by atoms with van der Waals surface area (Å²) in [5.74, 6) is -0.705. The smallest absolute Gasteiger partial charge is 0.355 e. The van der Waals surface area contributed by atoms with Crippen molar-refractivity contribution >= 4 is 34.8 Å². The Morgan fingerprint density at radius 3 is 2.73 bits per heavy atom. The SMILES string of the molecule is Cc1cc(C(=O)NC2C(=O)c3c(ccc4c3CCCC4OC(=O)c3ccc4ccccn34)-c3ccc(Cl)cc32)no1. The number of benzene rings is 2. The van der Waals surface area contributed by atoms with Crippen molar-refractivity contribution in [2.75, 3.05) is 0 Å². The molecule has 5 aromatic rings. The van der Waals surface area contributed by atoms with Gasteiger partial charge in [-0.2, -0.15) is 0 Å². The van der Waals surface area contributed by atoms with Crippen molar-refractivity contribution in [3.8, 4) is 11.1 Å². The first-order valence-electron chi connectivity index (χ1n) is 13.4. The van der Waals surface area contributed by atoms with Crippen LogP contribution in [0.25, 0.3) is 16.6 Å². The second-order valence-corrected chi connectivity index (χ2v) is 10.8. The Balaban J connectivity index is 1.27. The molecule has 0 bridgehead atoms. The molecule has 7 rings (SSSR count). The molecule has 204 valence electrons. The average molecular weight is 566 g/mol. The van der Waals surface area contributed by atoms with Crippen molar-refractivity contribution < 1.29 is 23.6 Å². The molecule has 0 saturated heterocycles. The van der Waals surface area contributed by atoms with Gasteiger partial charge in [0, 0.05) is 28.4 Å². The van der Waals surface area contributed by atoms with Crippen LogP contribution in [0.3, 0.4) is 0 Å². The standard InChI is InChI=1S/C32H24ClN3O5/c1-17-15-25(35-41-17)31(38)34-29-24-16-18(33)8-10-20(24)23-12-11-21-22(28(23)30(29)37)6-4-7-27(21)40-32(39)26-13-9-19-5-2-3-14-36(19)26/h2-3,5,8-16,27,29H,4,6-7H2,1H3,(H,34,38). The Morgan fingerprint density at radius 2 is 1.90 bits per heavy atom. The molecule has 2 unspecified atom stereocenters. The second kappa shape index (κ2) is 9.74. The first-order chi connectivity index (χ1) is 19.9. The number of esters is 1. The topological polar surface area (TPSA) is 103 Å². The average Bonchev–Trinajstić information content (AvgIpc) is 3.61. The van der Waals surface area contributed by atoms with Crippen LogP contribution in [0.4, 0.5) is 0 Å². The highest BCUT2D eigenvalue weighted by Gasteiger charge is 2.38. The van der Waals surface area contributed by atoms with E-state index in [4.69, 9.17) is 20.9 Å². The summed E-state index contributed by atoms with van der Waals surface area (Å²) in [7, 11) is 0. The number of ether oxygens (including phenoxy) is 1. The summed E-state index contributed by atoms with van der Waals surface area (Å²) >= 11 is 6.33. The molecular weight excluding hydrogens is 542 g/mol. The van der Waals surface area contributed by atoms with Gasteiger partial charge in [-0.15, -0.1) is 0 Å². The summed E-state index contributed by atoms with van der Waals surface area (Å²) in [6.45, 7) is 1.69. The third-order valence-electron chi connectivity index (χ3n) is 7.87. The third-order valence-corrected chi connectivity index (χ3v) is 8.10. The number of ketones is 1. The van der Waals surface area contributed by atoms with Crippen molar-refractivity contribution in [1.82, 2.24) is 14.9 Å². The van der Waals surface area contributed by atoms with Crippen molar-refractivity contribution in [2.24, 2.45) is 0 Å². The number of rotatable bonds is 4. The monoisotopic (exact) mass is 565 g/mol. The van der Waals surface area contributed by atoms with E-state index in [0.717, 1.165) is 34.2 Å². The van der Waals surface area contributed by atoms with E-state index in [2.05, 4.69) is 10.5 Å². The van der Waals surface area contributed by atoms with Crippen molar-refractivity contribution in [3.05, 3.63) is 117 Å². The number of nitrogens with one attached hydrogen (secondary N) is 1. The number of aryl methyl sites for hydroxylation is 1. The van der Waals surface area contributed by atoms with Crippen LogP contribution in [0, 0.1) is 6.92 Å². The molecule has 1 amide bonds. The summed E-state index contributed by atoms with van der Waals surface area (Å²) in [5, 5.41) is 7.11. The predicted molar refractivity (Wildman–Crippen MR) is 151 cm³/mol. The molecule has 2 atom stereocenters. The van der Waals surface area contributed by atoms with Gasteiger partial charge >= 0.3 is 5.97 Å².